The van der Waals surface area contributed by atoms with E-state index >= 15 is 0 Å². The molecule has 1 aromatic carbocycles. The number of methoxy groups -OCH3 is 1. The van der Waals surface area contributed by atoms with Gasteiger partial charge in [-0.2, -0.15) is 0 Å². The number of hydrogen-bond donors (Lipinski definition) is 0. The van der Waals surface area contributed by atoms with E-state index in [0.717, 1.165) is 55.0 Å². The fourth-order valence-electron chi connectivity index (χ4n) is 4.78. The van der Waals surface area contributed by atoms with Crippen LogP contribution in [0.2, 0.25) is 0 Å². The lowest BCUT2D eigenvalue weighted by atomic mass is 10.1. The average molecular weight is 429 g/mol. The molecule has 2 aliphatic rings. The molecule has 0 saturated carbocycles. The zero-order valence-corrected chi connectivity index (χ0v) is 17.9. The Labute approximate surface area is 178 Å². The first-order valence-corrected chi connectivity index (χ1v) is 11.4. The Balaban J connectivity index is 1.53. The quantitative estimate of drug-likeness (QED) is 0.615. The number of nitrogens with zero attached hydrogens (tertiary/aromatic N) is 4. The number of carbonyl (C=O) groups excluding carboxylic acids is 1. The number of benzene rings is 1. The molecule has 0 N–H and O–H groups in total. The molecular formula is C22H25FN4O2S. The van der Waals surface area contributed by atoms with Crippen LogP contribution in [0.4, 0.5) is 4.39 Å². The van der Waals surface area contributed by atoms with Gasteiger partial charge in [0, 0.05) is 42.3 Å². The lowest BCUT2D eigenvalue weighted by Gasteiger charge is -2.24. The van der Waals surface area contributed by atoms with Crippen molar-refractivity contribution in [2.75, 3.05) is 13.7 Å². The number of aromatic nitrogens is 3. The Bertz CT molecular complexity index is 1090. The third kappa shape index (κ3) is 3.22. The first kappa shape index (κ1) is 19.6. The highest BCUT2D eigenvalue weighted by Crippen LogP contribution is 2.39. The zero-order chi connectivity index (χ0) is 20.7. The Morgan fingerprint density at radius 3 is 3.00 bits per heavy atom. The minimum atomic E-state index is -0.310. The van der Waals surface area contributed by atoms with Crippen molar-refractivity contribution in [3.8, 4) is 0 Å². The van der Waals surface area contributed by atoms with E-state index in [1.165, 1.54) is 23.8 Å². The molecule has 0 bridgehead atoms. The number of rotatable bonds is 4. The molecule has 158 valence electrons. The van der Waals surface area contributed by atoms with Gasteiger partial charge in [0.05, 0.1) is 17.5 Å². The molecule has 0 spiro atoms. The first-order chi connectivity index (χ1) is 14.7. The normalized spacial score (nSPS) is 19.3. The number of likely N-dealkylation sites (tertiary alicyclic amines) is 1. The van der Waals surface area contributed by atoms with E-state index in [-0.39, 0.29) is 24.4 Å². The summed E-state index contributed by atoms with van der Waals surface area (Å²) in [7, 11) is 1.57. The molecule has 1 fully saturated rings. The summed E-state index contributed by atoms with van der Waals surface area (Å²) >= 11 is 1.35. The van der Waals surface area contributed by atoms with Crippen LogP contribution in [0.25, 0.3) is 10.1 Å². The Morgan fingerprint density at radius 1 is 1.23 bits per heavy atom. The largest absolute Gasteiger partial charge is 0.380 e. The molecule has 1 atom stereocenters. The SMILES string of the molecule is COCc1c(C(=O)N2CCCC2c2nnc3n2CCCCC3)sc2cccc(F)c12. The summed E-state index contributed by atoms with van der Waals surface area (Å²) in [5, 5.41) is 9.43. The van der Waals surface area contributed by atoms with Gasteiger partial charge in [0.25, 0.3) is 5.91 Å². The number of fused-ring (bicyclic) bond motifs is 2. The van der Waals surface area contributed by atoms with Crippen LogP contribution in [0.3, 0.4) is 0 Å². The van der Waals surface area contributed by atoms with Gasteiger partial charge in [-0.3, -0.25) is 4.79 Å². The highest BCUT2D eigenvalue weighted by atomic mass is 32.1. The van der Waals surface area contributed by atoms with Crippen LogP contribution in [0, 0.1) is 5.82 Å². The van der Waals surface area contributed by atoms with E-state index in [2.05, 4.69) is 14.8 Å². The predicted octanol–water partition coefficient (Wildman–Crippen LogP) is 4.48. The van der Waals surface area contributed by atoms with Crippen molar-refractivity contribution in [2.45, 2.75) is 57.7 Å². The van der Waals surface area contributed by atoms with Crippen molar-refractivity contribution >= 4 is 27.3 Å². The van der Waals surface area contributed by atoms with Crippen LogP contribution >= 0.6 is 11.3 Å². The van der Waals surface area contributed by atoms with E-state index in [9.17, 15) is 9.18 Å². The molecule has 0 radical (unpaired) electrons. The molecular weight excluding hydrogens is 403 g/mol. The molecule has 6 nitrogen and oxygen atoms in total. The minimum absolute atomic E-state index is 0.0591. The number of halogens is 1. The predicted molar refractivity (Wildman–Crippen MR) is 113 cm³/mol. The second-order valence-corrected chi connectivity index (χ2v) is 9.10. The van der Waals surface area contributed by atoms with E-state index in [4.69, 9.17) is 4.74 Å². The van der Waals surface area contributed by atoms with Crippen LogP contribution in [-0.4, -0.2) is 39.2 Å². The summed E-state index contributed by atoms with van der Waals surface area (Å²) in [5.41, 5.74) is 0.645. The summed E-state index contributed by atoms with van der Waals surface area (Å²) in [4.78, 5) is 16.1. The van der Waals surface area contributed by atoms with Gasteiger partial charge in [-0.05, 0) is 37.8 Å². The van der Waals surface area contributed by atoms with Crippen molar-refractivity contribution in [1.29, 1.82) is 0 Å². The fourth-order valence-corrected chi connectivity index (χ4v) is 5.96. The van der Waals surface area contributed by atoms with Gasteiger partial charge < -0.3 is 14.2 Å². The molecule has 4 heterocycles. The van der Waals surface area contributed by atoms with Gasteiger partial charge in [-0.15, -0.1) is 21.5 Å². The Kier molecular flexibility index (Phi) is 5.28. The summed E-state index contributed by atoms with van der Waals surface area (Å²) < 4.78 is 22.9. The molecule has 2 aromatic heterocycles. The van der Waals surface area contributed by atoms with Crippen molar-refractivity contribution in [3.05, 3.63) is 46.1 Å². The second kappa shape index (κ2) is 8.07. The number of ether oxygens (including phenoxy) is 1. The third-order valence-electron chi connectivity index (χ3n) is 6.20. The van der Waals surface area contributed by atoms with Crippen molar-refractivity contribution < 1.29 is 13.9 Å². The van der Waals surface area contributed by atoms with Crippen LogP contribution < -0.4 is 0 Å². The van der Waals surface area contributed by atoms with Crippen LogP contribution in [0.15, 0.2) is 18.2 Å². The van der Waals surface area contributed by atoms with Gasteiger partial charge in [-0.1, -0.05) is 12.5 Å². The lowest BCUT2D eigenvalue weighted by molar-refractivity contribution is 0.0728. The maximum Gasteiger partial charge on any atom is 0.264 e. The Hall–Kier alpha value is -2.32. The van der Waals surface area contributed by atoms with E-state index in [0.29, 0.717) is 22.4 Å². The lowest BCUT2D eigenvalue weighted by Crippen LogP contribution is -2.32. The molecule has 8 heteroatoms. The van der Waals surface area contributed by atoms with Gasteiger partial charge in [-0.25, -0.2) is 4.39 Å². The van der Waals surface area contributed by atoms with Crippen LogP contribution in [0.5, 0.6) is 0 Å². The molecule has 5 rings (SSSR count). The van der Waals surface area contributed by atoms with Crippen molar-refractivity contribution in [2.24, 2.45) is 0 Å². The van der Waals surface area contributed by atoms with E-state index in [1.54, 1.807) is 13.2 Å². The third-order valence-corrected chi connectivity index (χ3v) is 7.38. The zero-order valence-electron chi connectivity index (χ0n) is 17.1. The van der Waals surface area contributed by atoms with E-state index in [1.807, 2.05) is 11.0 Å². The van der Waals surface area contributed by atoms with Gasteiger partial charge in [0.2, 0.25) is 0 Å². The minimum Gasteiger partial charge on any atom is -0.380 e. The standard InChI is InChI=1S/C22H25FN4O2S/c1-29-13-14-19-15(23)7-5-9-17(19)30-20(14)22(28)26-12-6-8-16(26)21-25-24-18-10-3-2-4-11-27(18)21/h5,7,9,16H,2-4,6,8,10-13H2,1H3. The molecule has 0 aliphatic carbocycles. The average Bonchev–Trinajstić information content (AvgIpc) is 3.42. The molecule has 1 amide bonds. The summed E-state index contributed by atoms with van der Waals surface area (Å²) in [6, 6.07) is 4.90. The van der Waals surface area contributed by atoms with Gasteiger partial charge >= 0.3 is 0 Å². The Morgan fingerprint density at radius 2 is 2.13 bits per heavy atom. The van der Waals surface area contributed by atoms with Crippen molar-refractivity contribution in [1.82, 2.24) is 19.7 Å². The number of carbonyl (C=O) groups is 1. The maximum atomic E-state index is 14.6. The summed E-state index contributed by atoms with van der Waals surface area (Å²) in [6.45, 7) is 1.80. The number of hydrogen-bond acceptors (Lipinski definition) is 5. The summed E-state index contributed by atoms with van der Waals surface area (Å²) in [6.07, 6.45) is 6.21. The van der Waals surface area contributed by atoms with Crippen LogP contribution in [0.1, 0.15) is 65.0 Å². The molecule has 30 heavy (non-hydrogen) atoms. The highest BCUT2D eigenvalue weighted by molar-refractivity contribution is 7.21. The maximum absolute atomic E-state index is 14.6. The molecule has 1 unspecified atom stereocenters. The smallest absolute Gasteiger partial charge is 0.264 e. The van der Waals surface area contributed by atoms with E-state index < -0.39 is 0 Å². The number of amides is 1. The second-order valence-electron chi connectivity index (χ2n) is 8.05. The molecule has 1 saturated heterocycles. The first-order valence-electron chi connectivity index (χ1n) is 10.6. The number of aryl methyl sites for hydroxylation is 1. The monoisotopic (exact) mass is 428 g/mol. The van der Waals surface area contributed by atoms with Crippen LogP contribution in [-0.2, 0) is 24.3 Å². The molecule has 2 aliphatic heterocycles. The number of thiophene rings is 1. The highest BCUT2D eigenvalue weighted by Gasteiger charge is 2.36. The topological polar surface area (TPSA) is 60.2 Å². The van der Waals surface area contributed by atoms with Crippen molar-refractivity contribution in [3.63, 3.8) is 0 Å². The summed E-state index contributed by atoms with van der Waals surface area (Å²) in [5.74, 6) is 1.57. The fraction of sp³-hybridized carbons (Fsp3) is 0.500. The molecule has 3 aromatic rings. The van der Waals surface area contributed by atoms with Gasteiger partial charge in [0.15, 0.2) is 5.82 Å². The van der Waals surface area contributed by atoms with Gasteiger partial charge in [0.1, 0.15) is 11.6 Å².